The highest BCUT2D eigenvalue weighted by Crippen LogP contribution is 2.18. The molecule has 4 heteroatoms. The SMILES string of the molecule is CSCc1ccc(CNc2ccc(OC(C)C)cc2)o1. The van der Waals surface area contributed by atoms with E-state index in [2.05, 4.69) is 11.6 Å². The van der Waals surface area contributed by atoms with E-state index in [1.165, 1.54) is 0 Å². The minimum absolute atomic E-state index is 0.201. The Morgan fingerprint density at radius 3 is 2.45 bits per heavy atom. The molecule has 0 amide bonds. The first-order chi connectivity index (χ1) is 9.67. The highest BCUT2D eigenvalue weighted by atomic mass is 32.2. The van der Waals surface area contributed by atoms with Gasteiger partial charge in [-0.3, -0.25) is 0 Å². The zero-order chi connectivity index (χ0) is 14.4. The Balaban J connectivity index is 1.86. The van der Waals surface area contributed by atoms with Crippen LogP contribution in [-0.2, 0) is 12.3 Å². The normalized spacial score (nSPS) is 10.8. The molecule has 20 heavy (non-hydrogen) atoms. The summed E-state index contributed by atoms with van der Waals surface area (Å²) in [5.74, 6) is 3.79. The average Bonchev–Trinajstić information content (AvgIpc) is 2.86. The van der Waals surface area contributed by atoms with E-state index in [4.69, 9.17) is 9.15 Å². The molecule has 0 radical (unpaired) electrons. The Hall–Kier alpha value is -1.55. The molecule has 1 aromatic heterocycles. The van der Waals surface area contributed by atoms with Crippen LogP contribution in [0.5, 0.6) is 5.75 Å². The van der Waals surface area contributed by atoms with Crippen molar-refractivity contribution in [2.45, 2.75) is 32.2 Å². The smallest absolute Gasteiger partial charge is 0.123 e. The van der Waals surface area contributed by atoms with Gasteiger partial charge in [0.25, 0.3) is 0 Å². The summed E-state index contributed by atoms with van der Waals surface area (Å²) in [5, 5.41) is 3.34. The van der Waals surface area contributed by atoms with Crippen LogP contribution in [-0.4, -0.2) is 12.4 Å². The van der Waals surface area contributed by atoms with E-state index >= 15 is 0 Å². The standard InChI is InChI=1S/C16H21NO2S/c1-12(2)18-14-6-4-13(5-7-14)17-10-15-8-9-16(19-15)11-20-3/h4-9,12,17H,10-11H2,1-3H3. The molecule has 0 saturated heterocycles. The van der Waals surface area contributed by atoms with E-state index in [1.807, 2.05) is 50.2 Å². The zero-order valence-electron chi connectivity index (χ0n) is 12.2. The predicted octanol–water partition coefficient (Wildman–Crippen LogP) is 4.54. The zero-order valence-corrected chi connectivity index (χ0v) is 13.0. The molecule has 0 unspecified atom stereocenters. The topological polar surface area (TPSA) is 34.4 Å². The first-order valence-corrected chi connectivity index (χ1v) is 8.14. The number of rotatable bonds is 7. The Labute approximate surface area is 124 Å². The van der Waals surface area contributed by atoms with E-state index in [1.54, 1.807) is 11.8 Å². The van der Waals surface area contributed by atoms with Gasteiger partial charge in [-0.25, -0.2) is 0 Å². The maximum atomic E-state index is 5.71. The highest BCUT2D eigenvalue weighted by Gasteiger charge is 2.02. The van der Waals surface area contributed by atoms with Gasteiger partial charge in [0, 0.05) is 5.69 Å². The van der Waals surface area contributed by atoms with Gasteiger partial charge in [-0.15, -0.1) is 0 Å². The Morgan fingerprint density at radius 1 is 1.10 bits per heavy atom. The van der Waals surface area contributed by atoms with Crippen LogP contribution in [0, 0.1) is 0 Å². The molecule has 1 heterocycles. The summed E-state index contributed by atoms with van der Waals surface area (Å²) >= 11 is 1.76. The molecule has 2 aromatic rings. The maximum absolute atomic E-state index is 5.71. The molecular weight excluding hydrogens is 270 g/mol. The number of benzene rings is 1. The molecule has 0 spiro atoms. The third-order valence-corrected chi connectivity index (χ3v) is 3.27. The van der Waals surface area contributed by atoms with Crippen LogP contribution in [0.15, 0.2) is 40.8 Å². The van der Waals surface area contributed by atoms with Crippen LogP contribution in [0.1, 0.15) is 25.4 Å². The van der Waals surface area contributed by atoms with Crippen LogP contribution >= 0.6 is 11.8 Å². The summed E-state index contributed by atoms with van der Waals surface area (Å²) in [7, 11) is 0. The van der Waals surface area contributed by atoms with Crippen molar-refractivity contribution in [3.05, 3.63) is 47.9 Å². The van der Waals surface area contributed by atoms with Gasteiger partial charge in [0.05, 0.1) is 18.4 Å². The summed E-state index contributed by atoms with van der Waals surface area (Å²) in [6.45, 7) is 4.74. The second-order valence-corrected chi connectivity index (χ2v) is 5.71. The number of thioether (sulfide) groups is 1. The summed E-state index contributed by atoms with van der Waals surface area (Å²) in [6, 6.07) is 12.0. The minimum Gasteiger partial charge on any atom is -0.491 e. The molecule has 0 bridgehead atoms. The van der Waals surface area contributed by atoms with E-state index < -0.39 is 0 Å². The summed E-state index contributed by atoms with van der Waals surface area (Å²) < 4.78 is 11.3. The van der Waals surface area contributed by atoms with E-state index in [0.29, 0.717) is 6.54 Å². The van der Waals surface area contributed by atoms with Crippen LogP contribution in [0.3, 0.4) is 0 Å². The molecule has 0 atom stereocenters. The lowest BCUT2D eigenvalue weighted by atomic mass is 10.3. The summed E-state index contributed by atoms with van der Waals surface area (Å²) in [4.78, 5) is 0. The van der Waals surface area contributed by atoms with Crippen molar-refractivity contribution < 1.29 is 9.15 Å². The van der Waals surface area contributed by atoms with Gasteiger partial charge in [-0.1, -0.05) is 0 Å². The van der Waals surface area contributed by atoms with Gasteiger partial charge in [-0.05, 0) is 56.5 Å². The molecule has 1 N–H and O–H groups in total. The maximum Gasteiger partial charge on any atom is 0.123 e. The van der Waals surface area contributed by atoms with Crippen LogP contribution in [0.25, 0.3) is 0 Å². The molecule has 3 nitrogen and oxygen atoms in total. The van der Waals surface area contributed by atoms with E-state index in [0.717, 1.165) is 28.7 Å². The highest BCUT2D eigenvalue weighted by molar-refractivity contribution is 7.97. The lowest BCUT2D eigenvalue weighted by molar-refractivity contribution is 0.242. The molecular formula is C16H21NO2S. The fourth-order valence-electron chi connectivity index (χ4n) is 1.85. The Kier molecular flexibility index (Phi) is 5.41. The molecule has 0 aliphatic rings. The summed E-state index contributed by atoms with van der Waals surface area (Å²) in [6.07, 6.45) is 2.27. The quantitative estimate of drug-likeness (QED) is 0.812. The third-order valence-electron chi connectivity index (χ3n) is 2.70. The fraction of sp³-hybridized carbons (Fsp3) is 0.375. The van der Waals surface area contributed by atoms with Crippen molar-refractivity contribution in [1.29, 1.82) is 0 Å². The van der Waals surface area contributed by atoms with Gasteiger partial charge in [-0.2, -0.15) is 11.8 Å². The lowest BCUT2D eigenvalue weighted by Gasteiger charge is -2.10. The van der Waals surface area contributed by atoms with Crippen LogP contribution in [0.4, 0.5) is 5.69 Å². The predicted molar refractivity (Wildman–Crippen MR) is 85.5 cm³/mol. The van der Waals surface area contributed by atoms with Crippen molar-refractivity contribution in [3.8, 4) is 5.75 Å². The van der Waals surface area contributed by atoms with Gasteiger partial charge >= 0.3 is 0 Å². The second-order valence-electron chi connectivity index (χ2n) is 4.85. The number of hydrogen-bond acceptors (Lipinski definition) is 4. The van der Waals surface area contributed by atoms with Crippen molar-refractivity contribution >= 4 is 17.4 Å². The van der Waals surface area contributed by atoms with Crippen molar-refractivity contribution in [2.75, 3.05) is 11.6 Å². The number of anilines is 1. The van der Waals surface area contributed by atoms with Gasteiger partial charge in [0.1, 0.15) is 17.3 Å². The first kappa shape index (κ1) is 14.9. The van der Waals surface area contributed by atoms with Gasteiger partial charge in [0.2, 0.25) is 0 Å². The Morgan fingerprint density at radius 2 is 1.80 bits per heavy atom. The van der Waals surface area contributed by atoms with Crippen molar-refractivity contribution in [2.24, 2.45) is 0 Å². The third kappa shape index (κ3) is 4.53. The number of nitrogens with one attached hydrogen (secondary N) is 1. The monoisotopic (exact) mass is 291 g/mol. The molecule has 0 aliphatic heterocycles. The van der Waals surface area contributed by atoms with Gasteiger partial charge < -0.3 is 14.5 Å². The van der Waals surface area contributed by atoms with E-state index in [9.17, 15) is 0 Å². The molecule has 0 aliphatic carbocycles. The Bertz CT molecular complexity index is 520. The van der Waals surface area contributed by atoms with E-state index in [-0.39, 0.29) is 6.10 Å². The largest absolute Gasteiger partial charge is 0.491 e. The lowest BCUT2D eigenvalue weighted by Crippen LogP contribution is -2.05. The second kappa shape index (κ2) is 7.29. The van der Waals surface area contributed by atoms with Crippen LogP contribution < -0.4 is 10.1 Å². The average molecular weight is 291 g/mol. The molecule has 1 aromatic carbocycles. The van der Waals surface area contributed by atoms with Crippen molar-refractivity contribution in [3.63, 3.8) is 0 Å². The minimum atomic E-state index is 0.201. The number of furan rings is 1. The molecule has 2 rings (SSSR count). The first-order valence-electron chi connectivity index (χ1n) is 6.74. The molecule has 0 saturated carbocycles. The van der Waals surface area contributed by atoms with Crippen LogP contribution in [0.2, 0.25) is 0 Å². The van der Waals surface area contributed by atoms with Crippen molar-refractivity contribution in [1.82, 2.24) is 0 Å². The summed E-state index contributed by atoms with van der Waals surface area (Å²) in [5.41, 5.74) is 1.06. The number of ether oxygens (including phenoxy) is 1. The van der Waals surface area contributed by atoms with Gasteiger partial charge in [0.15, 0.2) is 0 Å². The fourth-order valence-corrected chi connectivity index (χ4v) is 2.29. The number of hydrogen-bond donors (Lipinski definition) is 1. The molecule has 0 fully saturated rings. The molecule has 108 valence electrons.